The highest BCUT2D eigenvalue weighted by Crippen LogP contribution is 2.30. The third-order valence-electron chi connectivity index (χ3n) is 6.05. The van der Waals surface area contributed by atoms with Crippen molar-refractivity contribution in [1.82, 2.24) is 15.6 Å². The number of aromatic hydroxyl groups is 1. The first kappa shape index (κ1) is 24.0. The minimum Gasteiger partial charge on any atom is -0.507 e. The number of rotatable bonds is 8. The predicted octanol–water partition coefficient (Wildman–Crippen LogP) is 2.76. The van der Waals surface area contributed by atoms with Crippen molar-refractivity contribution < 1.29 is 28.6 Å². The monoisotopic (exact) mass is 477 g/mol. The second-order valence-corrected chi connectivity index (χ2v) is 8.24. The van der Waals surface area contributed by atoms with Gasteiger partial charge in [-0.3, -0.25) is 19.4 Å². The number of ether oxygens (including phenoxy) is 1. The fourth-order valence-electron chi connectivity index (χ4n) is 4.10. The Balaban J connectivity index is 1.43. The summed E-state index contributed by atoms with van der Waals surface area (Å²) in [7, 11) is 1.26. The Kier molecular flexibility index (Phi) is 7.17. The quantitative estimate of drug-likeness (QED) is 0.427. The summed E-state index contributed by atoms with van der Waals surface area (Å²) in [5.74, 6) is -2.80. The highest BCUT2D eigenvalue weighted by molar-refractivity contribution is 6.11. The molecule has 1 amide bonds. The van der Waals surface area contributed by atoms with Gasteiger partial charge in [-0.2, -0.15) is 0 Å². The van der Waals surface area contributed by atoms with Crippen molar-refractivity contribution in [2.24, 2.45) is 5.92 Å². The zero-order chi connectivity index (χ0) is 24.9. The van der Waals surface area contributed by atoms with E-state index in [1.54, 1.807) is 24.5 Å². The van der Waals surface area contributed by atoms with Crippen LogP contribution in [0.3, 0.4) is 0 Å². The SMILES string of the molecule is COc1ccc(O)c(C(=O)c2ccc(C(=O)C[C@H]3CNC[C@@H]3NC(=O)c3ccncc3)cc2)c1F. The van der Waals surface area contributed by atoms with Gasteiger partial charge in [0.25, 0.3) is 5.91 Å². The van der Waals surface area contributed by atoms with E-state index in [4.69, 9.17) is 4.74 Å². The van der Waals surface area contributed by atoms with Crippen LogP contribution in [0.1, 0.15) is 43.1 Å². The summed E-state index contributed by atoms with van der Waals surface area (Å²) >= 11 is 0. The van der Waals surface area contributed by atoms with Gasteiger partial charge in [0, 0.05) is 60.6 Å². The molecule has 9 heteroatoms. The molecule has 4 rings (SSSR count). The summed E-state index contributed by atoms with van der Waals surface area (Å²) in [6, 6.07) is 11.3. The fraction of sp³-hybridized carbons (Fsp3) is 0.231. The number of amides is 1. The Bertz CT molecular complexity index is 1250. The van der Waals surface area contributed by atoms with Gasteiger partial charge in [-0.1, -0.05) is 24.3 Å². The van der Waals surface area contributed by atoms with Crippen LogP contribution in [0, 0.1) is 11.7 Å². The van der Waals surface area contributed by atoms with Crippen LogP contribution in [0.2, 0.25) is 0 Å². The lowest BCUT2D eigenvalue weighted by atomic mass is 9.93. The Morgan fingerprint density at radius 3 is 2.40 bits per heavy atom. The maximum absolute atomic E-state index is 14.5. The molecule has 0 aliphatic carbocycles. The van der Waals surface area contributed by atoms with E-state index >= 15 is 0 Å². The first-order chi connectivity index (χ1) is 16.9. The normalized spacial score (nSPS) is 17.1. The van der Waals surface area contributed by atoms with Gasteiger partial charge >= 0.3 is 0 Å². The van der Waals surface area contributed by atoms with Gasteiger partial charge < -0.3 is 20.5 Å². The third-order valence-corrected chi connectivity index (χ3v) is 6.05. The molecule has 2 heterocycles. The van der Waals surface area contributed by atoms with E-state index in [2.05, 4.69) is 15.6 Å². The van der Waals surface area contributed by atoms with Crippen LogP contribution in [-0.2, 0) is 0 Å². The van der Waals surface area contributed by atoms with Crippen molar-refractivity contribution in [3.63, 3.8) is 0 Å². The highest BCUT2D eigenvalue weighted by atomic mass is 19.1. The molecule has 3 aromatic rings. The molecule has 3 N–H and O–H groups in total. The molecule has 0 radical (unpaired) electrons. The van der Waals surface area contributed by atoms with Crippen molar-refractivity contribution in [3.8, 4) is 11.5 Å². The number of pyridine rings is 1. The van der Waals surface area contributed by atoms with E-state index < -0.39 is 22.9 Å². The van der Waals surface area contributed by atoms with Gasteiger partial charge in [0.05, 0.1) is 7.11 Å². The standard InChI is InChI=1S/C26H24FN3O5/c1-35-22-7-6-20(31)23(24(22)27)25(33)16-4-2-15(3-5-16)21(32)12-18-13-29-14-19(18)30-26(34)17-8-10-28-11-9-17/h2-11,18-19,29,31H,12-14H2,1H3,(H,30,34)/t18-,19-/m0/s1. The topological polar surface area (TPSA) is 118 Å². The van der Waals surface area contributed by atoms with E-state index in [1.165, 1.54) is 43.5 Å². The number of carbonyl (C=O) groups is 3. The number of methoxy groups -OCH3 is 1. The molecule has 35 heavy (non-hydrogen) atoms. The number of aromatic nitrogens is 1. The van der Waals surface area contributed by atoms with Gasteiger partial charge in [0.2, 0.25) is 0 Å². The van der Waals surface area contributed by atoms with Crippen LogP contribution in [0.15, 0.2) is 60.9 Å². The lowest BCUT2D eigenvalue weighted by Crippen LogP contribution is -2.41. The van der Waals surface area contributed by atoms with Crippen LogP contribution in [0.25, 0.3) is 0 Å². The van der Waals surface area contributed by atoms with Crippen molar-refractivity contribution in [2.45, 2.75) is 12.5 Å². The molecule has 1 fully saturated rings. The summed E-state index contributed by atoms with van der Waals surface area (Å²) in [4.78, 5) is 42.1. The van der Waals surface area contributed by atoms with Gasteiger partial charge in [-0.15, -0.1) is 0 Å². The molecule has 0 unspecified atom stereocenters. The minimum absolute atomic E-state index is 0.0996. The van der Waals surface area contributed by atoms with Gasteiger partial charge in [0.1, 0.15) is 11.3 Å². The largest absolute Gasteiger partial charge is 0.507 e. The Morgan fingerprint density at radius 1 is 1.03 bits per heavy atom. The third kappa shape index (κ3) is 5.20. The Labute approximate surface area is 201 Å². The van der Waals surface area contributed by atoms with Crippen LogP contribution in [0.5, 0.6) is 11.5 Å². The van der Waals surface area contributed by atoms with E-state index in [-0.39, 0.29) is 41.4 Å². The predicted molar refractivity (Wildman–Crippen MR) is 125 cm³/mol. The van der Waals surface area contributed by atoms with Gasteiger partial charge in [0.15, 0.2) is 23.1 Å². The average Bonchev–Trinajstić information content (AvgIpc) is 3.30. The molecular formula is C26H24FN3O5. The lowest BCUT2D eigenvalue weighted by molar-refractivity contribution is 0.0902. The summed E-state index contributed by atoms with van der Waals surface area (Å²) in [6.45, 7) is 1.13. The molecular weight excluding hydrogens is 453 g/mol. The Hall–Kier alpha value is -4.11. The second kappa shape index (κ2) is 10.4. The Morgan fingerprint density at radius 2 is 1.71 bits per heavy atom. The number of nitrogens with one attached hydrogen (secondary N) is 2. The van der Waals surface area contributed by atoms with Gasteiger partial charge in [-0.05, 0) is 24.3 Å². The fourth-order valence-corrected chi connectivity index (χ4v) is 4.10. The number of halogens is 1. The lowest BCUT2D eigenvalue weighted by Gasteiger charge is -2.19. The number of nitrogens with zero attached hydrogens (tertiary/aromatic N) is 1. The zero-order valence-corrected chi connectivity index (χ0v) is 19.0. The molecule has 1 aromatic heterocycles. The highest BCUT2D eigenvalue weighted by Gasteiger charge is 2.31. The van der Waals surface area contributed by atoms with Crippen LogP contribution in [-0.4, -0.2) is 53.8 Å². The number of ketones is 2. The summed E-state index contributed by atoms with van der Waals surface area (Å²) in [6.07, 6.45) is 3.29. The molecule has 0 bridgehead atoms. The van der Waals surface area contributed by atoms with E-state index in [0.717, 1.165) is 0 Å². The summed E-state index contributed by atoms with van der Waals surface area (Å²) < 4.78 is 19.4. The first-order valence-corrected chi connectivity index (χ1v) is 11.0. The van der Waals surface area contributed by atoms with Crippen molar-refractivity contribution in [2.75, 3.05) is 20.2 Å². The second-order valence-electron chi connectivity index (χ2n) is 8.24. The van der Waals surface area contributed by atoms with E-state index in [0.29, 0.717) is 24.2 Å². The van der Waals surface area contributed by atoms with Crippen LogP contribution >= 0.6 is 0 Å². The molecule has 180 valence electrons. The molecule has 2 aromatic carbocycles. The van der Waals surface area contributed by atoms with E-state index in [9.17, 15) is 23.9 Å². The van der Waals surface area contributed by atoms with Crippen LogP contribution < -0.4 is 15.4 Å². The zero-order valence-electron chi connectivity index (χ0n) is 19.0. The van der Waals surface area contributed by atoms with Crippen LogP contribution in [0.4, 0.5) is 4.39 Å². The number of Topliss-reactive ketones (excluding diaryl/α,β-unsaturated/α-hetero) is 1. The van der Waals surface area contributed by atoms with Crippen molar-refractivity contribution in [1.29, 1.82) is 0 Å². The van der Waals surface area contributed by atoms with E-state index in [1.807, 2.05) is 0 Å². The smallest absolute Gasteiger partial charge is 0.251 e. The molecule has 1 aliphatic rings. The maximum atomic E-state index is 14.5. The molecule has 2 atom stereocenters. The number of carbonyl (C=O) groups excluding carboxylic acids is 3. The number of phenols is 1. The number of hydrogen-bond donors (Lipinski definition) is 3. The average molecular weight is 477 g/mol. The van der Waals surface area contributed by atoms with Crippen molar-refractivity contribution >= 4 is 17.5 Å². The number of phenolic OH excluding ortho intramolecular Hbond substituents is 1. The minimum atomic E-state index is -0.953. The molecule has 8 nitrogen and oxygen atoms in total. The summed E-state index contributed by atoms with van der Waals surface area (Å²) in [5.41, 5.74) is 0.515. The van der Waals surface area contributed by atoms with Crippen molar-refractivity contribution in [3.05, 3.63) is 89.0 Å². The molecule has 0 spiro atoms. The number of benzene rings is 2. The maximum Gasteiger partial charge on any atom is 0.251 e. The first-order valence-electron chi connectivity index (χ1n) is 11.0. The molecule has 1 saturated heterocycles. The number of hydrogen-bond acceptors (Lipinski definition) is 7. The summed E-state index contributed by atoms with van der Waals surface area (Å²) in [5, 5.41) is 16.2. The van der Waals surface area contributed by atoms with Gasteiger partial charge in [-0.25, -0.2) is 4.39 Å². The molecule has 1 aliphatic heterocycles. The molecule has 0 saturated carbocycles.